The average Bonchev–Trinajstić information content (AvgIpc) is 2.75. The molecule has 3 nitrogen and oxygen atoms in total. The summed E-state index contributed by atoms with van der Waals surface area (Å²) in [5.74, 6) is 0.929. The second-order valence-electron chi connectivity index (χ2n) is 5.95. The van der Waals surface area contributed by atoms with E-state index in [4.69, 9.17) is 9.94 Å². The van der Waals surface area contributed by atoms with Crippen molar-refractivity contribution >= 4 is 5.71 Å². The highest BCUT2D eigenvalue weighted by atomic mass is 16.5. The number of oxime groups is 1. The second-order valence-corrected chi connectivity index (χ2v) is 5.95. The molecule has 1 fully saturated rings. The molecule has 2 aliphatic carbocycles. The minimum absolute atomic E-state index is 0.355. The van der Waals surface area contributed by atoms with Gasteiger partial charge in [0.1, 0.15) is 5.75 Å². The molecule has 0 aliphatic heterocycles. The molecule has 108 valence electrons. The van der Waals surface area contributed by atoms with Crippen LogP contribution in [0.4, 0.5) is 0 Å². The molecule has 1 aromatic rings. The molecule has 2 aliphatic rings. The van der Waals surface area contributed by atoms with Crippen LogP contribution in [0.25, 0.3) is 0 Å². The van der Waals surface area contributed by atoms with Gasteiger partial charge in [-0.3, -0.25) is 0 Å². The topological polar surface area (TPSA) is 41.8 Å². The van der Waals surface area contributed by atoms with Crippen LogP contribution in [0.5, 0.6) is 5.75 Å². The molecule has 0 saturated heterocycles. The summed E-state index contributed by atoms with van der Waals surface area (Å²) in [6.45, 7) is 0. The maximum Gasteiger partial charge on any atom is 0.120 e. The Morgan fingerprint density at radius 2 is 1.80 bits per heavy atom. The van der Waals surface area contributed by atoms with E-state index in [9.17, 15) is 0 Å². The number of fused-ring (bicyclic) bond motifs is 1. The third kappa shape index (κ3) is 2.97. The summed E-state index contributed by atoms with van der Waals surface area (Å²) in [5.41, 5.74) is 3.15. The van der Waals surface area contributed by atoms with E-state index in [0.717, 1.165) is 49.1 Å². The minimum atomic E-state index is 0.355. The Hall–Kier alpha value is -1.51. The Balaban J connectivity index is 1.77. The van der Waals surface area contributed by atoms with E-state index < -0.39 is 0 Å². The lowest BCUT2D eigenvalue weighted by atomic mass is 9.90. The Bertz CT molecular complexity index is 488. The quantitative estimate of drug-likeness (QED) is 0.496. The van der Waals surface area contributed by atoms with Gasteiger partial charge >= 0.3 is 0 Å². The lowest BCUT2D eigenvalue weighted by molar-refractivity contribution is 0.183. The summed E-state index contributed by atoms with van der Waals surface area (Å²) in [7, 11) is 0. The fourth-order valence-electron chi connectivity index (χ4n) is 3.35. The summed E-state index contributed by atoms with van der Waals surface area (Å²) in [6.07, 6.45) is 10.9. The number of benzene rings is 1. The third-order valence-electron chi connectivity index (χ3n) is 4.48. The first-order valence-electron chi connectivity index (χ1n) is 7.88. The van der Waals surface area contributed by atoms with Crippen LogP contribution < -0.4 is 4.74 Å². The van der Waals surface area contributed by atoms with Crippen LogP contribution >= 0.6 is 0 Å². The van der Waals surface area contributed by atoms with E-state index in [-0.39, 0.29) is 0 Å². The summed E-state index contributed by atoms with van der Waals surface area (Å²) in [5, 5.41) is 12.6. The molecular weight excluding hydrogens is 250 g/mol. The molecule has 0 bridgehead atoms. The van der Waals surface area contributed by atoms with Crippen LogP contribution in [-0.4, -0.2) is 17.0 Å². The summed E-state index contributed by atoms with van der Waals surface area (Å²) in [6, 6.07) is 6.27. The van der Waals surface area contributed by atoms with Crippen molar-refractivity contribution < 1.29 is 9.94 Å². The molecule has 0 aromatic heterocycles. The standard InChI is InChI=1S/C17H23NO2/c19-18-17-9-5-6-13-10-11-15(12-16(13)17)20-14-7-3-1-2-4-8-14/h10-12,14,19H,1-9H2/b18-17-. The van der Waals surface area contributed by atoms with E-state index in [1.807, 2.05) is 0 Å². The number of rotatable bonds is 2. The zero-order valence-electron chi connectivity index (χ0n) is 12.0. The van der Waals surface area contributed by atoms with Crippen molar-refractivity contribution in [1.82, 2.24) is 0 Å². The Morgan fingerprint density at radius 1 is 1.00 bits per heavy atom. The lowest BCUT2D eigenvalue weighted by Crippen LogP contribution is -2.17. The van der Waals surface area contributed by atoms with E-state index in [0.29, 0.717) is 6.10 Å². The summed E-state index contributed by atoms with van der Waals surface area (Å²) in [4.78, 5) is 0. The molecule has 3 heteroatoms. The van der Waals surface area contributed by atoms with Crippen molar-refractivity contribution in [1.29, 1.82) is 0 Å². The molecule has 1 N–H and O–H groups in total. The number of ether oxygens (including phenoxy) is 1. The fourth-order valence-corrected chi connectivity index (χ4v) is 3.35. The molecule has 20 heavy (non-hydrogen) atoms. The highest BCUT2D eigenvalue weighted by Crippen LogP contribution is 2.28. The molecule has 0 unspecified atom stereocenters. The number of nitrogens with zero attached hydrogens (tertiary/aromatic N) is 1. The van der Waals surface area contributed by atoms with Crippen LogP contribution in [0.15, 0.2) is 23.4 Å². The van der Waals surface area contributed by atoms with Crippen molar-refractivity contribution in [3.8, 4) is 5.75 Å². The van der Waals surface area contributed by atoms with Crippen molar-refractivity contribution in [2.45, 2.75) is 63.9 Å². The Kier molecular flexibility index (Phi) is 4.24. The Labute approximate surface area is 120 Å². The van der Waals surface area contributed by atoms with Crippen LogP contribution in [-0.2, 0) is 6.42 Å². The van der Waals surface area contributed by atoms with Gasteiger partial charge in [0.2, 0.25) is 0 Å². The largest absolute Gasteiger partial charge is 0.490 e. The molecule has 3 rings (SSSR count). The molecule has 0 radical (unpaired) electrons. The van der Waals surface area contributed by atoms with Gasteiger partial charge in [0.05, 0.1) is 11.8 Å². The first-order valence-corrected chi connectivity index (χ1v) is 7.88. The van der Waals surface area contributed by atoms with Crippen LogP contribution in [0.1, 0.15) is 62.5 Å². The van der Waals surface area contributed by atoms with Gasteiger partial charge in [-0.1, -0.05) is 24.1 Å². The molecule has 0 atom stereocenters. The second kappa shape index (κ2) is 6.29. The van der Waals surface area contributed by atoms with Gasteiger partial charge in [-0.2, -0.15) is 0 Å². The van der Waals surface area contributed by atoms with Crippen molar-refractivity contribution in [2.75, 3.05) is 0 Å². The molecule has 0 spiro atoms. The molecule has 0 amide bonds. The molecular formula is C17H23NO2. The third-order valence-corrected chi connectivity index (χ3v) is 4.48. The van der Waals surface area contributed by atoms with Gasteiger partial charge in [0.25, 0.3) is 0 Å². The van der Waals surface area contributed by atoms with Gasteiger partial charge in [-0.25, -0.2) is 0 Å². The average molecular weight is 273 g/mol. The first-order chi connectivity index (χ1) is 9.86. The SMILES string of the molecule is O/N=C1/CCCc2ccc(OC3CCCCCC3)cc21. The van der Waals surface area contributed by atoms with E-state index in [1.54, 1.807) is 0 Å². The first kappa shape index (κ1) is 13.5. The highest BCUT2D eigenvalue weighted by Gasteiger charge is 2.18. The normalized spacial score (nSPS) is 22.3. The van der Waals surface area contributed by atoms with Gasteiger partial charge in [0.15, 0.2) is 0 Å². The molecule has 1 saturated carbocycles. The van der Waals surface area contributed by atoms with Crippen molar-refractivity contribution in [2.24, 2.45) is 5.16 Å². The molecule has 1 aromatic carbocycles. The van der Waals surface area contributed by atoms with Crippen molar-refractivity contribution in [3.05, 3.63) is 29.3 Å². The number of hydrogen-bond acceptors (Lipinski definition) is 3. The fraction of sp³-hybridized carbons (Fsp3) is 0.588. The van der Waals surface area contributed by atoms with Crippen LogP contribution in [0.2, 0.25) is 0 Å². The summed E-state index contributed by atoms with van der Waals surface area (Å²) < 4.78 is 6.16. The molecule has 0 heterocycles. The van der Waals surface area contributed by atoms with E-state index in [2.05, 4.69) is 23.4 Å². The maximum absolute atomic E-state index is 9.13. The Morgan fingerprint density at radius 3 is 2.55 bits per heavy atom. The van der Waals surface area contributed by atoms with Crippen LogP contribution in [0, 0.1) is 0 Å². The number of aryl methyl sites for hydroxylation is 1. The van der Waals surface area contributed by atoms with Gasteiger partial charge in [-0.05, 0) is 62.6 Å². The zero-order chi connectivity index (χ0) is 13.8. The minimum Gasteiger partial charge on any atom is -0.490 e. The number of hydrogen-bond donors (Lipinski definition) is 1. The highest BCUT2D eigenvalue weighted by molar-refractivity contribution is 6.02. The van der Waals surface area contributed by atoms with Gasteiger partial charge < -0.3 is 9.94 Å². The maximum atomic E-state index is 9.13. The zero-order valence-corrected chi connectivity index (χ0v) is 12.0. The monoisotopic (exact) mass is 273 g/mol. The predicted octanol–water partition coefficient (Wildman–Crippen LogP) is 4.30. The van der Waals surface area contributed by atoms with Crippen molar-refractivity contribution in [3.63, 3.8) is 0 Å². The predicted molar refractivity (Wildman–Crippen MR) is 79.8 cm³/mol. The van der Waals surface area contributed by atoms with E-state index >= 15 is 0 Å². The summed E-state index contributed by atoms with van der Waals surface area (Å²) >= 11 is 0. The van der Waals surface area contributed by atoms with Gasteiger partial charge in [-0.15, -0.1) is 0 Å². The van der Waals surface area contributed by atoms with Crippen LogP contribution in [0.3, 0.4) is 0 Å². The lowest BCUT2D eigenvalue weighted by Gasteiger charge is -2.21. The van der Waals surface area contributed by atoms with Gasteiger partial charge in [0, 0.05) is 5.56 Å². The smallest absolute Gasteiger partial charge is 0.120 e. The van der Waals surface area contributed by atoms with E-state index in [1.165, 1.54) is 31.2 Å².